The van der Waals surface area contributed by atoms with Crippen LogP contribution in [-0.4, -0.2) is 39.1 Å². The SMILES string of the molecule is O=C(c1c[nH]c(=O)c(Cl)c1)N1CCC[C@@H](c2[nH]ncc2-c2ccc(F)cc2)C1. The van der Waals surface area contributed by atoms with Crippen LogP contribution < -0.4 is 5.56 Å². The summed E-state index contributed by atoms with van der Waals surface area (Å²) in [5.74, 6) is -0.382. The third kappa shape index (κ3) is 3.57. The van der Waals surface area contributed by atoms with Gasteiger partial charge in [-0.2, -0.15) is 5.10 Å². The van der Waals surface area contributed by atoms with Crippen LogP contribution in [0.25, 0.3) is 11.1 Å². The summed E-state index contributed by atoms with van der Waals surface area (Å²) in [6.45, 7) is 1.15. The van der Waals surface area contributed by atoms with Gasteiger partial charge in [0.2, 0.25) is 0 Å². The number of rotatable bonds is 3. The molecule has 1 amide bonds. The Morgan fingerprint density at radius 1 is 1.29 bits per heavy atom. The monoisotopic (exact) mass is 400 g/mol. The van der Waals surface area contributed by atoms with E-state index < -0.39 is 5.56 Å². The molecule has 1 aliphatic rings. The number of hydrogen-bond donors (Lipinski definition) is 2. The zero-order valence-corrected chi connectivity index (χ0v) is 15.7. The molecule has 3 heterocycles. The molecule has 1 aromatic carbocycles. The van der Waals surface area contributed by atoms with Gasteiger partial charge in [0.1, 0.15) is 10.8 Å². The Kier molecular flexibility index (Phi) is 5.00. The fourth-order valence-electron chi connectivity index (χ4n) is 3.63. The van der Waals surface area contributed by atoms with Gasteiger partial charge in [-0.3, -0.25) is 14.7 Å². The predicted octanol–water partition coefficient (Wildman–Crippen LogP) is 3.58. The minimum atomic E-state index is -0.420. The lowest BCUT2D eigenvalue weighted by Gasteiger charge is -2.32. The summed E-state index contributed by atoms with van der Waals surface area (Å²) in [7, 11) is 0. The lowest BCUT2D eigenvalue weighted by Crippen LogP contribution is -2.39. The highest BCUT2D eigenvalue weighted by molar-refractivity contribution is 6.30. The van der Waals surface area contributed by atoms with E-state index in [1.165, 1.54) is 24.4 Å². The Bertz CT molecular complexity index is 1060. The van der Waals surface area contributed by atoms with Gasteiger partial charge in [-0.1, -0.05) is 23.7 Å². The molecule has 1 aliphatic heterocycles. The Morgan fingerprint density at radius 3 is 2.82 bits per heavy atom. The molecular weight excluding hydrogens is 383 g/mol. The van der Waals surface area contributed by atoms with E-state index in [2.05, 4.69) is 15.2 Å². The molecule has 8 heteroatoms. The van der Waals surface area contributed by atoms with E-state index in [4.69, 9.17) is 11.6 Å². The quantitative estimate of drug-likeness (QED) is 0.705. The predicted molar refractivity (Wildman–Crippen MR) is 104 cm³/mol. The largest absolute Gasteiger partial charge is 0.338 e. The Morgan fingerprint density at radius 2 is 2.07 bits per heavy atom. The molecule has 6 nitrogen and oxygen atoms in total. The minimum absolute atomic E-state index is 0.00780. The topological polar surface area (TPSA) is 81.9 Å². The average Bonchev–Trinajstić information content (AvgIpc) is 3.20. The molecule has 2 N–H and O–H groups in total. The number of nitrogens with one attached hydrogen (secondary N) is 2. The van der Waals surface area contributed by atoms with Crippen molar-refractivity contribution in [2.45, 2.75) is 18.8 Å². The molecule has 1 atom stereocenters. The van der Waals surface area contributed by atoms with Gasteiger partial charge in [-0.05, 0) is 36.6 Å². The van der Waals surface area contributed by atoms with Crippen LogP contribution in [0.3, 0.4) is 0 Å². The first kappa shape index (κ1) is 18.4. The molecule has 1 saturated heterocycles. The smallest absolute Gasteiger partial charge is 0.266 e. The van der Waals surface area contributed by atoms with Crippen molar-refractivity contribution >= 4 is 17.5 Å². The van der Waals surface area contributed by atoms with E-state index in [-0.39, 0.29) is 22.7 Å². The maximum absolute atomic E-state index is 13.2. The molecule has 4 rings (SSSR count). The number of hydrogen-bond acceptors (Lipinski definition) is 3. The summed E-state index contributed by atoms with van der Waals surface area (Å²) >= 11 is 5.85. The number of halogens is 2. The van der Waals surface area contributed by atoms with E-state index in [0.29, 0.717) is 18.7 Å². The summed E-state index contributed by atoms with van der Waals surface area (Å²) in [4.78, 5) is 28.5. The number of nitrogens with zero attached hydrogens (tertiary/aromatic N) is 2. The van der Waals surface area contributed by atoms with Gasteiger partial charge in [0.15, 0.2) is 0 Å². The number of carbonyl (C=O) groups excluding carboxylic acids is 1. The summed E-state index contributed by atoms with van der Waals surface area (Å²) in [6.07, 6.45) is 4.87. The van der Waals surface area contributed by atoms with Crippen molar-refractivity contribution in [3.63, 3.8) is 0 Å². The van der Waals surface area contributed by atoms with E-state index in [1.54, 1.807) is 23.2 Å². The molecule has 144 valence electrons. The molecule has 2 aromatic heterocycles. The lowest BCUT2D eigenvalue weighted by atomic mass is 9.90. The maximum Gasteiger partial charge on any atom is 0.266 e. The van der Waals surface area contributed by atoms with Crippen molar-refractivity contribution in [3.05, 3.63) is 75.2 Å². The van der Waals surface area contributed by atoms with Gasteiger partial charge >= 0.3 is 0 Å². The van der Waals surface area contributed by atoms with E-state index in [9.17, 15) is 14.0 Å². The third-order valence-corrected chi connectivity index (χ3v) is 5.33. The highest BCUT2D eigenvalue weighted by Gasteiger charge is 2.28. The van der Waals surface area contributed by atoms with Crippen molar-refractivity contribution in [1.82, 2.24) is 20.1 Å². The molecule has 0 spiro atoms. The van der Waals surface area contributed by atoms with Crippen LogP contribution in [-0.2, 0) is 0 Å². The van der Waals surface area contributed by atoms with Crippen LogP contribution >= 0.6 is 11.6 Å². The zero-order valence-electron chi connectivity index (χ0n) is 14.9. The normalized spacial score (nSPS) is 16.9. The second-order valence-corrected chi connectivity index (χ2v) is 7.27. The standard InChI is InChI=1S/C20H18ClFN4O2/c21-17-8-14(9-23-19(17)27)20(28)26-7-1-2-13(11-26)18-16(10-24-25-18)12-3-5-15(22)6-4-12/h3-6,8-10,13H,1-2,7,11H2,(H,23,27)(H,24,25)/t13-/m1/s1. The number of aromatic nitrogens is 3. The number of likely N-dealkylation sites (tertiary alicyclic amines) is 1. The van der Waals surface area contributed by atoms with Gasteiger partial charge in [-0.15, -0.1) is 0 Å². The number of piperidine rings is 1. The van der Waals surface area contributed by atoms with Crippen molar-refractivity contribution < 1.29 is 9.18 Å². The number of amides is 1. The Hall–Kier alpha value is -2.93. The summed E-state index contributed by atoms with van der Waals surface area (Å²) in [5.41, 5.74) is 2.65. The summed E-state index contributed by atoms with van der Waals surface area (Å²) in [6, 6.07) is 7.67. The van der Waals surface area contributed by atoms with E-state index >= 15 is 0 Å². The van der Waals surface area contributed by atoms with Crippen LogP contribution in [0, 0.1) is 5.82 Å². The fourth-order valence-corrected chi connectivity index (χ4v) is 3.80. The highest BCUT2D eigenvalue weighted by Crippen LogP contribution is 2.33. The lowest BCUT2D eigenvalue weighted by molar-refractivity contribution is 0.0705. The van der Waals surface area contributed by atoms with Crippen LogP contribution in [0.5, 0.6) is 0 Å². The van der Waals surface area contributed by atoms with Crippen LogP contribution in [0.2, 0.25) is 5.02 Å². The number of carbonyl (C=O) groups is 1. The molecule has 1 fully saturated rings. The molecule has 0 aliphatic carbocycles. The molecule has 0 bridgehead atoms. The molecule has 3 aromatic rings. The van der Waals surface area contributed by atoms with Crippen LogP contribution in [0.15, 0.2) is 47.5 Å². The number of pyridine rings is 1. The molecule has 28 heavy (non-hydrogen) atoms. The fraction of sp³-hybridized carbons (Fsp3) is 0.250. The highest BCUT2D eigenvalue weighted by atomic mass is 35.5. The third-order valence-electron chi connectivity index (χ3n) is 5.05. The van der Waals surface area contributed by atoms with Gasteiger partial charge in [0.05, 0.1) is 11.8 Å². The summed E-state index contributed by atoms with van der Waals surface area (Å²) in [5, 5.41) is 7.21. The van der Waals surface area contributed by atoms with Gasteiger partial charge in [-0.25, -0.2) is 4.39 Å². The number of aromatic amines is 2. The van der Waals surface area contributed by atoms with Crippen molar-refractivity contribution in [2.75, 3.05) is 13.1 Å². The molecule has 0 radical (unpaired) electrons. The average molecular weight is 401 g/mol. The first-order chi connectivity index (χ1) is 13.5. The van der Waals surface area contributed by atoms with Crippen molar-refractivity contribution in [2.24, 2.45) is 0 Å². The minimum Gasteiger partial charge on any atom is -0.338 e. The Balaban J connectivity index is 1.57. The molecule has 0 saturated carbocycles. The number of H-pyrrole nitrogens is 2. The second kappa shape index (κ2) is 7.59. The van der Waals surface area contributed by atoms with Crippen LogP contribution in [0.1, 0.15) is 34.8 Å². The van der Waals surface area contributed by atoms with Gasteiger partial charge in [0.25, 0.3) is 11.5 Å². The maximum atomic E-state index is 13.2. The number of benzene rings is 1. The van der Waals surface area contributed by atoms with Crippen molar-refractivity contribution in [3.8, 4) is 11.1 Å². The zero-order chi connectivity index (χ0) is 19.7. The van der Waals surface area contributed by atoms with E-state index in [1.807, 2.05) is 0 Å². The van der Waals surface area contributed by atoms with Gasteiger partial charge in [0, 0.05) is 36.5 Å². The summed E-state index contributed by atoms with van der Waals surface area (Å²) < 4.78 is 13.2. The van der Waals surface area contributed by atoms with Crippen molar-refractivity contribution in [1.29, 1.82) is 0 Å². The van der Waals surface area contributed by atoms with Gasteiger partial charge < -0.3 is 9.88 Å². The molecular formula is C20H18ClFN4O2. The van der Waals surface area contributed by atoms with Crippen LogP contribution in [0.4, 0.5) is 4.39 Å². The Labute approximate surface area is 165 Å². The second-order valence-electron chi connectivity index (χ2n) is 6.86. The van der Waals surface area contributed by atoms with E-state index in [0.717, 1.165) is 29.7 Å². The first-order valence-electron chi connectivity index (χ1n) is 8.99. The molecule has 0 unspecified atom stereocenters. The first-order valence-corrected chi connectivity index (χ1v) is 9.37.